The van der Waals surface area contributed by atoms with Gasteiger partial charge in [-0.05, 0) is 24.6 Å². The van der Waals surface area contributed by atoms with E-state index in [0.29, 0.717) is 26.2 Å². The van der Waals surface area contributed by atoms with Crippen LogP contribution in [0.3, 0.4) is 0 Å². The fraction of sp³-hybridized carbons (Fsp3) is 0.462. The molecule has 0 radical (unpaired) electrons. The average Bonchev–Trinajstić information content (AvgIpc) is 2.24. The molecular formula is C13H15BrO3. The van der Waals surface area contributed by atoms with Crippen molar-refractivity contribution in [2.45, 2.75) is 18.8 Å². The van der Waals surface area contributed by atoms with E-state index in [9.17, 15) is 4.79 Å². The third kappa shape index (κ3) is 2.69. The van der Waals surface area contributed by atoms with E-state index in [1.165, 1.54) is 0 Å². The van der Waals surface area contributed by atoms with Crippen LogP contribution in [-0.2, 0) is 19.7 Å². The first kappa shape index (κ1) is 12.6. The minimum atomic E-state index is -0.198. The van der Waals surface area contributed by atoms with Crippen molar-refractivity contribution >= 4 is 21.9 Å². The van der Waals surface area contributed by atoms with Crippen LogP contribution in [0, 0.1) is 0 Å². The predicted octanol–water partition coefficient (Wildman–Crippen LogP) is 2.67. The van der Waals surface area contributed by atoms with Gasteiger partial charge in [0.05, 0.1) is 31.7 Å². The normalized spacial score (nSPS) is 17.3. The Bertz CT molecular complexity index is 413. The summed E-state index contributed by atoms with van der Waals surface area (Å²) >= 11 is 3.45. The van der Waals surface area contributed by atoms with Crippen molar-refractivity contribution in [2.75, 3.05) is 19.8 Å². The molecule has 0 aromatic heterocycles. The standard InChI is InChI=1S/C13H15BrO3/c1-2-17-12(15)7-13(8-16-9-13)10-4-3-5-11(14)6-10/h3-6H,2,7-9H2,1H3. The Morgan fingerprint density at radius 3 is 2.82 bits per heavy atom. The highest BCUT2D eigenvalue weighted by Gasteiger charge is 2.42. The summed E-state index contributed by atoms with van der Waals surface area (Å²) in [5.74, 6) is -0.157. The Hall–Kier alpha value is -0.870. The predicted molar refractivity (Wildman–Crippen MR) is 67.9 cm³/mol. The maximum absolute atomic E-state index is 11.6. The van der Waals surface area contributed by atoms with E-state index in [0.717, 1.165) is 10.0 Å². The Labute approximate surface area is 109 Å². The molecule has 1 fully saturated rings. The van der Waals surface area contributed by atoms with Crippen molar-refractivity contribution in [3.05, 3.63) is 34.3 Å². The topological polar surface area (TPSA) is 35.5 Å². The van der Waals surface area contributed by atoms with Crippen LogP contribution in [0.2, 0.25) is 0 Å². The summed E-state index contributed by atoms with van der Waals surface area (Å²) in [5, 5.41) is 0. The van der Waals surface area contributed by atoms with Crippen molar-refractivity contribution < 1.29 is 14.3 Å². The number of esters is 1. The van der Waals surface area contributed by atoms with Gasteiger partial charge >= 0.3 is 5.97 Å². The van der Waals surface area contributed by atoms with Gasteiger partial charge in [0.2, 0.25) is 0 Å². The first-order valence-electron chi connectivity index (χ1n) is 5.66. The molecule has 17 heavy (non-hydrogen) atoms. The van der Waals surface area contributed by atoms with Gasteiger partial charge in [0.25, 0.3) is 0 Å². The zero-order valence-electron chi connectivity index (χ0n) is 9.74. The van der Waals surface area contributed by atoms with Crippen LogP contribution in [-0.4, -0.2) is 25.8 Å². The van der Waals surface area contributed by atoms with Gasteiger partial charge in [0, 0.05) is 4.47 Å². The maximum atomic E-state index is 11.6. The summed E-state index contributed by atoms with van der Waals surface area (Å²) in [7, 11) is 0. The number of rotatable bonds is 4. The number of ether oxygens (including phenoxy) is 2. The van der Waals surface area contributed by atoms with Crippen molar-refractivity contribution in [1.29, 1.82) is 0 Å². The number of hydrogen-bond acceptors (Lipinski definition) is 3. The molecule has 0 bridgehead atoms. The number of carbonyl (C=O) groups excluding carboxylic acids is 1. The molecule has 1 aromatic rings. The molecule has 4 heteroatoms. The van der Waals surface area contributed by atoms with E-state index < -0.39 is 0 Å². The number of hydrogen-bond donors (Lipinski definition) is 0. The van der Waals surface area contributed by atoms with Crippen molar-refractivity contribution in [1.82, 2.24) is 0 Å². The Balaban J connectivity index is 2.17. The van der Waals surface area contributed by atoms with E-state index in [2.05, 4.69) is 15.9 Å². The lowest BCUT2D eigenvalue weighted by Gasteiger charge is -2.41. The van der Waals surface area contributed by atoms with Crippen LogP contribution in [0.25, 0.3) is 0 Å². The lowest BCUT2D eigenvalue weighted by molar-refractivity contribution is -0.151. The van der Waals surface area contributed by atoms with Gasteiger partial charge in [-0.3, -0.25) is 4.79 Å². The molecule has 0 spiro atoms. The van der Waals surface area contributed by atoms with Gasteiger partial charge in [-0.15, -0.1) is 0 Å². The Morgan fingerprint density at radius 2 is 2.29 bits per heavy atom. The Morgan fingerprint density at radius 1 is 1.53 bits per heavy atom. The summed E-state index contributed by atoms with van der Waals surface area (Å²) in [5.41, 5.74) is 0.932. The lowest BCUT2D eigenvalue weighted by Crippen LogP contribution is -2.48. The van der Waals surface area contributed by atoms with Crippen LogP contribution in [0.1, 0.15) is 18.9 Å². The Kier molecular flexibility index (Phi) is 3.84. The zero-order valence-corrected chi connectivity index (χ0v) is 11.3. The second kappa shape index (κ2) is 5.19. The monoisotopic (exact) mass is 298 g/mol. The molecule has 1 heterocycles. The molecular weight excluding hydrogens is 284 g/mol. The molecule has 2 rings (SSSR count). The van der Waals surface area contributed by atoms with Crippen LogP contribution in [0.15, 0.2) is 28.7 Å². The third-order valence-corrected chi connectivity index (χ3v) is 3.48. The van der Waals surface area contributed by atoms with Gasteiger partial charge in [-0.1, -0.05) is 28.1 Å². The van der Waals surface area contributed by atoms with Crippen LogP contribution in [0.5, 0.6) is 0 Å². The highest BCUT2D eigenvalue weighted by atomic mass is 79.9. The molecule has 0 saturated carbocycles. The van der Waals surface area contributed by atoms with Crippen LogP contribution in [0.4, 0.5) is 0 Å². The van der Waals surface area contributed by atoms with Gasteiger partial charge in [0.15, 0.2) is 0 Å². The second-order valence-corrected chi connectivity index (χ2v) is 5.18. The minimum absolute atomic E-state index is 0.157. The third-order valence-electron chi connectivity index (χ3n) is 2.98. The molecule has 0 atom stereocenters. The minimum Gasteiger partial charge on any atom is -0.466 e. The maximum Gasteiger partial charge on any atom is 0.306 e. The van der Waals surface area contributed by atoms with Crippen molar-refractivity contribution in [3.63, 3.8) is 0 Å². The summed E-state index contributed by atoms with van der Waals surface area (Å²) in [6, 6.07) is 8.03. The molecule has 0 amide bonds. The van der Waals surface area contributed by atoms with E-state index in [-0.39, 0.29) is 11.4 Å². The van der Waals surface area contributed by atoms with Crippen LogP contribution < -0.4 is 0 Å². The van der Waals surface area contributed by atoms with Gasteiger partial charge in [0.1, 0.15) is 0 Å². The fourth-order valence-electron chi connectivity index (χ4n) is 2.03. The first-order chi connectivity index (χ1) is 8.16. The SMILES string of the molecule is CCOC(=O)CC1(c2cccc(Br)c2)COC1. The highest BCUT2D eigenvalue weighted by Crippen LogP contribution is 2.37. The van der Waals surface area contributed by atoms with E-state index in [4.69, 9.17) is 9.47 Å². The molecule has 0 unspecified atom stereocenters. The molecule has 0 N–H and O–H groups in total. The summed E-state index contributed by atoms with van der Waals surface area (Å²) in [4.78, 5) is 11.6. The first-order valence-corrected chi connectivity index (χ1v) is 6.45. The van der Waals surface area contributed by atoms with Gasteiger partial charge < -0.3 is 9.47 Å². The molecule has 92 valence electrons. The highest BCUT2D eigenvalue weighted by molar-refractivity contribution is 9.10. The summed E-state index contributed by atoms with van der Waals surface area (Å²) < 4.78 is 11.3. The summed E-state index contributed by atoms with van der Waals surface area (Å²) in [6.45, 7) is 3.42. The molecule has 0 aliphatic carbocycles. The largest absolute Gasteiger partial charge is 0.466 e. The van der Waals surface area contributed by atoms with Gasteiger partial charge in [-0.2, -0.15) is 0 Å². The van der Waals surface area contributed by atoms with E-state index >= 15 is 0 Å². The number of benzene rings is 1. The zero-order chi connectivity index (χ0) is 12.3. The quantitative estimate of drug-likeness (QED) is 0.802. The molecule has 1 aromatic carbocycles. The summed E-state index contributed by atoms with van der Waals surface area (Å²) in [6.07, 6.45) is 0.386. The van der Waals surface area contributed by atoms with Crippen molar-refractivity contribution in [3.8, 4) is 0 Å². The molecule has 3 nitrogen and oxygen atoms in total. The number of carbonyl (C=O) groups is 1. The molecule has 1 saturated heterocycles. The molecule has 1 aliphatic heterocycles. The van der Waals surface area contributed by atoms with E-state index in [1.807, 2.05) is 31.2 Å². The van der Waals surface area contributed by atoms with Gasteiger partial charge in [-0.25, -0.2) is 0 Å². The van der Waals surface area contributed by atoms with Crippen molar-refractivity contribution in [2.24, 2.45) is 0 Å². The smallest absolute Gasteiger partial charge is 0.306 e. The second-order valence-electron chi connectivity index (χ2n) is 4.27. The average molecular weight is 299 g/mol. The van der Waals surface area contributed by atoms with Crippen LogP contribution >= 0.6 is 15.9 Å². The lowest BCUT2D eigenvalue weighted by atomic mass is 9.76. The van der Waals surface area contributed by atoms with E-state index in [1.54, 1.807) is 0 Å². The fourth-order valence-corrected chi connectivity index (χ4v) is 2.43. The molecule has 1 aliphatic rings. The number of halogens is 1.